The summed E-state index contributed by atoms with van der Waals surface area (Å²) in [5.74, 6) is -0.423. The Balaban J connectivity index is 3.72. The summed E-state index contributed by atoms with van der Waals surface area (Å²) in [5.41, 5.74) is 5.46. The zero-order valence-electron chi connectivity index (χ0n) is 8.09. The molecule has 2 N–H and O–H groups in total. The van der Waals surface area contributed by atoms with Crippen LogP contribution in [0.2, 0.25) is 19.6 Å². The van der Waals surface area contributed by atoms with E-state index in [2.05, 4.69) is 4.74 Å². The number of ether oxygens (including phenoxy) is 1. The Morgan fingerprint density at radius 1 is 1.50 bits per heavy atom. The molecule has 0 amide bonds. The molecule has 72 valence electrons. The molecule has 1 atom stereocenters. The molecule has 12 heavy (non-hydrogen) atoms. The minimum absolute atomic E-state index is 0.252. The second kappa shape index (κ2) is 4.59. The van der Waals surface area contributed by atoms with Crippen LogP contribution in [0.4, 0.5) is 0 Å². The van der Waals surface area contributed by atoms with Gasteiger partial charge in [0.05, 0.1) is 13.7 Å². The lowest BCUT2D eigenvalue weighted by Crippen LogP contribution is -2.40. The maximum atomic E-state index is 10.8. The highest BCUT2D eigenvalue weighted by atomic mass is 28.4. The molecule has 0 aliphatic heterocycles. The van der Waals surface area contributed by atoms with Gasteiger partial charge in [0.1, 0.15) is 6.04 Å². The molecule has 4 nitrogen and oxygen atoms in total. The van der Waals surface area contributed by atoms with Crippen LogP contribution >= 0.6 is 0 Å². The Morgan fingerprint density at radius 3 is 2.33 bits per heavy atom. The molecule has 0 unspecified atom stereocenters. The average molecular weight is 191 g/mol. The molecule has 0 saturated carbocycles. The number of esters is 1. The molecule has 0 aliphatic carbocycles. The summed E-state index contributed by atoms with van der Waals surface area (Å²) in [6.45, 7) is 6.37. The summed E-state index contributed by atoms with van der Waals surface area (Å²) in [6.07, 6.45) is 0. The van der Waals surface area contributed by atoms with Crippen molar-refractivity contribution < 1.29 is 14.0 Å². The summed E-state index contributed by atoms with van der Waals surface area (Å²) < 4.78 is 9.88. The van der Waals surface area contributed by atoms with E-state index < -0.39 is 20.3 Å². The fourth-order valence-corrected chi connectivity index (χ4v) is 1.24. The third-order valence-electron chi connectivity index (χ3n) is 1.20. The van der Waals surface area contributed by atoms with Crippen molar-refractivity contribution in [2.45, 2.75) is 25.7 Å². The van der Waals surface area contributed by atoms with Gasteiger partial charge in [-0.15, -0.1) is 0 Å². The normalized spacial score (nSPS) is 14.1. The van der Waals surface area contributed by atoms with Gasteiger partial charge in [0.2, 0.25) is 0 Å². The Hall–Kier alpha value is -0.393. The van der Waals surface area contributed by atoms with E-state index in [1.54, 1.807) is 0 Å². The van der Waals surface area contributed by atoms with Gasteiger partial charge < -0.3 is 14.9 Å². The van der Waals surface area contributed by atoms with Crippen LogP contribution in [0.1, 0.15) is 0 Å². The molecule has 0 bridgehead atoms. The molecule has 0 aromatic rings. The molecule has 0 radical (unpaired) electrons. The van der Waals surface area contributed by atoms with Crippen molar-refractivity contribution in [1.82, 2.24) is 0 Å². The summed E-state index contributed by atoms with van der Waals surface area (Å²) in [5, 5.41) is 0. The van der Waals surface area contributed by atoms with Gasteiger partial charge in [-0.05, 0) is 19.6 Å². The molecule has 0 fully saturated rings. The molecule has 0 rings (SSSR count). The minimum Gasteiger partial charge on any atom is -0.468 e. The van der Waals surface area contributed by atoms with E-state index in [1.807, 2.05) is 19.6 Å². The van der Waals surface area contributed by atoms with Gasteiger partial charge in [-0.25, -0.2) is 0 Å². The van der Waals surface area contributed by atoms with Crippen LogP contribution in [0.15, 0.2) is 0 Å². The highest BCUT2D eigenvalue weighted by molar-refractivity contribution is 6.69. The van der Waals surface area contributed by atoms with Gasteiger partial charge in [-0.2, -0.15) is 0 Å². The van der Waals surface area contributed by atoms with E-state index in [9.17, 15) is 4.79 Å². The monoisotopic (exact) mass is 191 g/mol. The zero-order chi connectivity index (χ0) is 9.78. The highest BCUT2D eigenvalue weighted by Gasteiger charge is 2.19. The topological polar surface area (TPSA) is 61.5 Å². The lowest BCUT2D eigenvalue weighted by molar-refractivity contribution is -0.142. The maximum Gasteiger partial charge on any atom is 0.324 e. The van der Waals surface area contributed by atoms with E-state index in [4.69, 9.17) is 10.2 Å². The van der Waals surface area contributed by atoms with Crippen LogP contribution in [0, 0.1) is 0 Å². The first-order valence-corrected chi connectivity index (χ1v) is 7.25. The van der Waals surface area contributed by atoms with Crippen molar-refractivity contribution in [3.63, 3.8) is 0 Å². The molecular formula is C7H17NO3Si. The van der Waals surface area contributed by atoms with Gasteiger partial charge in [0.15, 0.2) is 8.32 Å². The molecule has 0 aromatic carbocycles. The smallest absolute Gasteiger partial charge is 0.324 e. The summed E-state index contributed by atoms with van der Waals surface area (Å²) in [4.78, 5) is 10.8. The third-order valence-corrected chi connectivity index (χ3v) is 2.23. The van der Waals surface area contributed by atoms with E-state index in [1.165, 1.54) is 7.11 Å². The second-order valence-corrected chi connectivity index (χ2v) is 8.07. The van der Waals surface area contributed by atoms with E-state index in [-0.39, 0.29) is 6.61 Å². The van der Waals surface area contributed by atoms with E-state index in [0.717, 1.165) is 0 Å². The number of nitrogens with two attached hydrogens (primary N) is 1. The van der Waals surface area contributed by atoms with Crippen LogP contribution < -0.4 is 5.73 Å². The summed E-state index contributed by atoms with van der Waals surface area (Å²) in [7, 11) is -0.250. The van der Waals surface area contributed by atoms with Gasteiger partial charge >= 0.3 is 5.97 Å². The maximum absolute atomic E-state index is 10.8. The van der Waals surface area contributed by atoms with Crippen LogP contribution in [-0.4, -0.2) is 34.0 Å². The molecule has 0 saturated heterocycles. The number of carbonyl (C=O) groups excluding carboxylic acids is 1. The van der Waals surface area contributed by atoms with Crippen molar-refractivity contribution in [2.75, 3.05) is 13.7 Å². The Morgan fingerprint density at radius 2 is 2.00 bits per heavy atom. The molecule has 0 aromatic heterocycles. The number of methoxy groups -OCH3 is 1. The number of carbonyl (C=O) groups is 1. The van der Waals surface area contributed by atoms with Crippen LogP contribution in [0.3, 0.4) is 0 Å². The number of rotatable bonds is 4. The van der Waals surface area contributed by atoms with Crippen molar-refractivity contribution in [2.24, 2.45) is 5.73 Å². The second-order valence-electron chi connectivity index (χ2n) is 3.55. The molecule has 0 spiro atoms. The SMILES string of the molecule is COC(=O)[C@H](N)CO[Si](C)(C)C. The van der Waals surface area contributed by atoms with E-state index in [0.29, 0.717) is 0 Å². The van der Waals surface area contributed by atoms with Gasteiger partial charge in [0, 0.05) is 0 Å². The predicted octanol–water partition coefficient (Wildman–Crippen LogP) is 0.338. The highest BCUT2D eigenvalue weighted by Crippen LogP contribution is 2.02. The first kappa shape index (κ1) is 11.6. The average Bonchev–Trinajstić information content (AvgIpc) is 1.97. The summed E-state index contributed by atoms with van der Waals surface area (Å²) in [6, 6.07) is -0.651. The van der Waals surface area contributed by atoms with Crippen molar-refractivity contribution in [3.05, 3.63) is 0 Å². The van der Waals surface area contributed by atoms with Gasteiger partial charge in [0.25, 0.3) is 0 Å². The predicted molar refractivity (Wildman–Crippen MR) is 49.3 cm³/mol. The Bertz CT molecular complexity index is 155. The first-order chi connectivity index (χ1) is 5.37. The first-order valence-electron chi connectivity index (χ1n) is 3.84. The number of hydrogen-bond acceptors (Lipinski definition) is 4. The third kappa shape index (κ3) is 5.28. The fraction of sp³-hybridized carbons (Fsp3) is 0.857. The van der Waals surface area contributed by atoms with Crippen molar-refractivity contribution in [1.29, 1.82) is 0 Å². The molecule has 5 heteroatoms. The zero-order valence-corrected chi connectivity index (χ0v) is 9.09. The van der Waals surface area contributed by atoms with Gasteiger partial charge in [-0.1, -0.05) is 0 Å². The van der Waals surface area contributed by atoms with Crippen LogP contribution in [0.25, 0.3) is 0 Å². The quantitative estimate of drug-likeness (QED) is 0.514. The van der Waals surface area contributed by atoms with Crippen LogP contribution in [-0.2, 0) is 14.0 Å². The molecular weight excluding hydrogens is 174 g/mol. The molecule has 0 aliphatic rings. The number of hydrogen-bond donors (Lipinski definition) is 1. The largest absolute Gasteiger partial charge is 0.468 e. The van der Waals surface area contributed by atoms with E-state index >= 15 is 0 Å². The van der Waals surface area contributed by atoms with Crippen molar-refractivity contribution in [3.8, 4) is 0 Å². The fourth-order valence-electron chi connectivity index (χ4n) is 0.559. The van der Waals surface area contributed by atoms with Crippen molar-refractivity contribution >= 4 is 14.3 Å². The lowest BCUT2D eigenvalue weighted by Gasteiger charge is -2.19. The Kier molecular flexibility index (Phi) is 4.44. The van der Waals surface area contributed by atoms with Gasteiger partial charge in [-0.3, -0.25) is 4.79 Å². The minimum atomic E-state index is -1.57. The lowest BCUT2D eigenvalue weighted by atomic mass is 10.3. The Labute approximate surface area is 74.2 Å². The molecule has 0 heterocycles. The summed E-state index contributed by atoms with van der Waals surface area (Å²) >= 11 is 0. The standard InChI is InChI=1S/C7H17NO3Si/c1-10-7(9)6(8)5-11-12(2,3)4/h6H,5,8H2,1-4H3/t6-/m1/s1. The van der Waals surface area contributed by atoms with Crippen LogP contribution in [0.5, 0.6) is 0 Å².